The van der Waals surface area contributed by atoms with Gasteiger partial charge in [0.05, 0.1) is 12.1 Å². The van der Waals surface area contributed by atoms with E-state index in [1.165, 1.54) is 18.4 Å². The summed E-state index contributed by atoms with van der Waals surface area (Å²) in [5, 5.41) is 2.59. The molecule has 0 fully saturated rings. The van der Waals surface area contributed by atoms with Gasteiger partial charge in [-0.25, -0.2) is 9.78 Å². The van der Waals surface area contributed by atoms with Crippen LogP contribution in [0.5, 0.6) is 0 Å². The molecule has 1 rings (SSSR count). The molecule has 0 spiro atoms. The van der Waals surface area contributed by atoms with Crippen molar-refractivity contribution in [1.82, 2.24) is 4.98 Å². The summed E-state index contributed by atoms with van der Waals surface area (Å²) >= 11 is 1.44. The topological polar surface area (TPSA) is 65.2 Å². The number of carbonyl (C=O) groups is 1. The van der Waals surface area contributed by atoms with Crippen LogP contribution in [0.25, 0.3) is 0 Å². The molecular weight excluding hydrogens is 200 g/mol. The lowest BCUT2D eigenvalue weighted by Crippen LogP contribution is -2.21. The van der Waals surface area contributed by atoms with Crippen LogP contribution >= 0.6 is 11.3 Å². The molecule has 14 heavy (non-hydrogen) atoms. The van der Waals surface area contributed by atoms with Crippen LogP contribution in [0.4, 0.5) is 0 Å². The SMILES string of the molecule is CCC(N)Cc1nc(C(=O)OC)cs1. The van der Waals surface area contributed by atoms with Gasteiger partial charge >= 0.3 is 5.97 Å². The van der Waals surface area contributed by atoms with Crippen molar-refractivity contribution in [1.29, 1.82) is 0 Å². The van der Waals surface area contributed by atoms with Gasteiger partial charge in [-0.1, -0.05) is 6.92 Å². The molecule has 4 nitrogen and oxygen atoms in total. The highest BCUT2D eigenvalue weighted by Crippen LogP contribution is 2.12. The van der Waals surface area contributed by atoms with Crippen molar-refractivity contribution in [2.75, 3.05) is 7.11 Å². The highest BCUT2D eigenvalue weighted by Gasteiger charge is 2.11. The van der Waals surface area contributed by atoms with Crippen molar-refractivity contribution in [2.24, 2.45) is 5.73 Å². The van der Waals surface area contributed by atoms with Crippen molar-refractivity contribution >= 4 is 17.3 Å². The Hall–Kier alpha value is -0.940. The van der Waals surface area contributed by atoms with Crippen LogP contribution in [0.15, 0.2) is 5.38 Å². The predicted molar refractivity (Wildman–Crippen MR) is 55.4 cm³/mol. The number of esters is 1. The minimum Gasteiger partial charge on any atom is -0.464 e. The van der Waals surface area contributed by atoms with Gasteiger partial charge in [-0.05, 0) is 6.42 Å². The maximum absolute atomic E-state index is 11.1. The number of nitrogens with two attached hydrogens (primary N) is 1. The zero-order valence-corrected chi connectivity index (χ0v) is 9.13. The average molecular weight is 214 g/mol. The van der Waals surface area contributed by atoms with Gasteiger partial charge in [-0.15, -0.1) is 11.3 Å². The Kier molecular flexibility index (Phi) is 4.03. The molecule has 0 aromatic carbocycles. The largest absolute Gasteiger partial charge is 0.464 e. The summed E-state index contributed by atoms with van der Waals surface area (Å²) in [6.07, 6.45) is 1.63. The third kappa shape index (κ3) is 2.78. The Labute approximate surface area is 87.1 Å². The Morgan fingerprint density at radius 2 is 2.50 bits per heavy atom. The number of nitrogens with zero attached hydrogens (tertiary/aromatic N) is 1. The van der Waals surface area contributed by atoms with Gasteiger partial charge in [-0.3, -0.25) is 0 Å². The first-order chi connectivity index (χ1) is 6.67. The minimum absolute atomic E-state index is 0.117. The molecule has 0 saturated heterocycles. The Bertz CT molecular complexity index is 312. The quantitative estimate of drug-likeness (QED) is 0.765. The van der Waals surface area contributed by atoms with E-state index in [0.29, 0.717) is 5.69 Å². The molecule has 0 saturated carbocycles. The number of rotatable bonds is 4. The molecule has 0 aliphatic rings. The van der Waals surface area contributed by atoms with Crippen LogP contribution < -0.4 is 5.73 Å². The van der Waals surface area contributed by atoms with Gasteiger partial charge in [0.15, 0.2) is 5.69 Å². The first-order valence-corrected chi connectivity index (χ1v) is 5.33. The highest BCUT2D eigenvalue weighted by molar-refractivity contribution is 7.09. The maximum Gasteiger partial charge on any atom is 0.357 e. The molecule has 2 N–H and O–H groups in total. The van der Waals surface area contributed by atoms with Gasteiger partial charge in [0.2, 0.25) is 0 Å². The number of ether oxygens (including phenoxy) is 1. The molecular formula is C9H14N2O2S. The molecule has 0 bridgehead atoms. The van der Waals surface area contributed by atoms with Crippen LogP contribution in [0.3, 0.4) is 0 Å². The molecule has 5 heteroatoms. The van der Waals surface area contributed by atoms with Gasteiger partial charge in [0.1, 0.15) is 0 Å². The number of methoxy groups -OCH3 is 1. The number of thiazole rings is 1. The normalized spacial score (nSPS) is 12.5. The first kappa shape index (κ1) is 11.1. The van der Waals surface area contributed by atoms with E-state index in [1.807, 2.05) is 6.92 Å². The lowest BCUT2D eigenvalue weighted by Gasteiger charge is -2.04. The second-order valence-electron chi connectivity index (χ2n) is 2.99. The van der Waals surface area contributed by atoms with Crippen molar-refractivity contribution in [3.63, 3.8) is 0 Å². The summed E-state index contributed by atoms with van der Waals surface area (Å²) in [4.78, 5) is 15.2. The standard InChI is InChI=1S/C9H14N2O2S/c1-3-6(10)4-8-11-7(5-14-8)9(12)13-2/h5-6H,3-4,10H2,1-2H3. The summed E-state index contributed by atoms with van der Waals surface area (Å²) in [5.41, 5.74) is 6.14. The molecule has 0 aliphatic carbocycles. The fourth-order valence-corrected chi connectivity index (χ4v) is 1.83. The Morgan fingerprint density at radius 3 is 3.07 bits per heavy atom. The predicted octanol–water partition coefficient (Wildman–Crippen LogP) is 1.21. The Morgan fingerprint density at radius 1 is 1.79 bits per heavy atom. The van der Waals surface area contributed by atoms with E-state index in [4.69, 9.17) is 5.73 Å². The monoisotopic (exact) mass is 214 g/mol. The van der Waals surface area contributed by atoms with Gasteiger partial charge in [0.25, 0.3) is 0 Å². The molecule has 1 atom stereocenters. The molecule has 1 heterocycles. The second-order valence-corrected chi connectivity index (χ2v) is 3.93. The van der Waals surface area contributed by atoms with E-state index in [9.17, 15) is 4.79 Å². The second kappa shape index (κ2) is 5.07. The van der Waals surface area contributed by atoms with Gasteiger partial charge in [0, 0.05) is 17.8 Å². The molecule has 1 aromatic rings. The summed E-state index contributed by atoms with van der Waals surface area (Å²) < 4.78 is 4.55. The van der Waals surface area contributed by atoms with Crippen LogP contribution in [-0.2, 0) is 11.2 Å². The average Bonchev–Trinajstić information content (AvgIpc) is 2.65. The number of aromatic nitrogens is 1. The Balaban J connectivity index is 2.63. The van der Waals surface area contributed by atoms with Crippen LogP contribution in [0, 0.1) is 0 Å². The van der Waals surface area contributed by atoms with Crippen molar-refractivity contribution in [3.8, 4) is 0 Å². The molecule has 0 aliphatic heterocycles. The minimum atomic E-state index is -0.391. The van der Waals surface area contributed by atoms with E-state index in [1.54, 1.807) is 5.38 Å². The summed E-state index contributed by atoms with van der Waals surface area (Å²) in [6.45, 7) is 2.03. The third-order valence-corrected chi connectivity index (χ3v) is 2.78. The smallest absolute Gasteiger partial charge is 0.357 e. The molecule has 0 radical (unpaired) electrons. The highest BCUT2D eigenvalue weighted by atomic mass is 32.1. The van der Waals surface area contributed by atoms with Gasteiger partial charge < -0.3 is 10.5 Å². The summed E-state index contributed by atoms with van der Waals surface area (Å²) in [6, 6.07) is 0.117. The zero-order valence-electron chi connectivity index (χ0n) is 8.32. The lowest BCUT2D eigenvalue weighted by molar-refractivity contribution is 0.0594. The van der Waals surface area contributed by atoms with E-state index < -0.39 is 5.97 Å². The fraction of sp³-hybridized carbons (Fsp3) is 0.556. The number of hydrogen-bond acceptors (Lipinski definition) is 5. The molecule has 1 unspecified atom stereocenters. The van der Waals surface area contributed by atoms with Gasteiger partial charge in [-0.2, -0.15) is 0 Å². The fourth-order valence-electron chi connectivity index (χ4n) is 0.972. The van der Waals surface area contributed by atoms with Crippen molar-refractivity contribution in [3.05, 3.63) is 16.1 Å². The van der Waals surface area contributed by atoms with Crippen LogP contribution in [-0.4, -0.2) is 24.1 Å². The number of carbonyl (C=O) groups excluding carboxylic acids is 1. The van der Waals surface area contributed by atoms with Crippen molar-refractivity contribution in [2.45, 2.75) is 25.8 Å². The van der Waals surface area contributed by atoms with Crippen LogP contribution in [0.1, 0.15) is 28.8 Å². The lowest BCUT2D eigenvalue weighted by atomic mass is 10.2. The maximum atomic E-state index is 11.1. The summed E-state index contributed by atoms with van der Waals surface area (Å²) in [7, 11) is 1.35. The van der Waals surface area contributed by atoms with Crippen molar-refractivity contribution < 1.29 is 9.53 Å². The third-order valence-electron chi connectivity index (χ3n) is 1.91. The molecule has 1 aromatic heterocycles. The molecule has 78 valence electrons. The van der Waals surface area contributed by atoms with E-state index in [-0.39, 0.29) is 6.04 Å². The van der Waals surface area contributed by atoms with E-state index in [2.05, 4.69) is 9.72 Å². The first-order valence-electron chi connectivity index (χ1n) is 4.45. The molecule has 0 amide bonds. The van der Waals surface area contributed by atoms with Crippen LogP contribution in [0.2, 0.25) is 0 Å². The number of hydrogen-bond donors (Lipinski definition) is 1. The van der Waals surface area contributed by atoms with E-state index in [0.717, 1.165) is 17.8 Å². The summed E-state index contributed by atoms with van der Waals surface area (Å²) in [5.74, 6) is -0.391. The van der Waals surface area contributed by atoms with E-state index >= 15 is 0 Å². The zero-order chi connectivity index (χ0) is 10.6.